The van der Waals surface area contributed by atoms with Crippen molar-refractivity contribution in [1.29, 1.82) is 0 Å². The molecule has 0 saturated heterocycles. The Balaban J connectivity index is 1.67. The van der Waals surface area contributed by atoms with Crippen molar-refractivity contribution in [2.24, 2.45) is 0 Å². The summed E-state index contributed by atoms with van der Waals surface area (Å²) >= 11 is 3.39. The van der Waals surface area contributed by atoms with E-state index in [9.17, 15) is 9.59 Å². The topological polar surface area (TPSA) is 76.7 Å². The van der Waals surface area contributed by atoms with Crippen molar-refractivity contribution in [3.63, 3.8) is 0 Å². The molecule has 0 fully saturated rings. The van der Waals surface area contributed by atoms with E-state index < -0.39 is 0 Å². The van der Waals surface area contributed by atoms with Gasteiger partial charge in [-0.25, -0.2) is 0 Å². The fraction of sp³-hybridized carbons (Fsp3) is 0.167. The largest absolute Gasteiger partial charge is 0.490 e. The molecule has 2 amide bonds. The molecule has 0 radical (unpaired) electrons. The number of aryl methyl sites for hydroxylation is 1. The highest BCUT2D eigenvalue weighted by atomic mass is 79.9. The van der Waals surface area contributed by atoms with Gasteiger partial charge in [-0.2, -0.15) is 0 Å². The van der Waals surface area contributed by atoms with E-state index in [0.29, 0.717) is 41.5 Å². The third kappa shape index (κ3) is 6.16. The first-order chi connectivity index (χ1) is 15.0. The molecule has 0 aliphatic carbocycles. The van der Waals surface area contributed by atoms with E-state index >= 15 is 0 Å². The fourth-order valence-electron chi connectivity index (χ4n) is 2.90. The number of amides is 2. The molecule has 0 aromatic heterocycles. The molecule has 160 valence electrons. The summed E-state index contributed by atoms with van der Waals surface area (Å²) < 4.78 is 11.4. The summed E-state index contributed by atoms with van der Waals surface area (Å²) in [6, 6.07) is 19.6. The Morgan fingerprint density at radius 1 is 0.839 bits per heavy atom. The molecule has 0 aliphatic rings. The maximum atomic E-state index is 12.8. The van der Waals surface area contributed by atoms with Gasteiger partial charge in [0.05, 0.1) is 12.2 Å². The molecule has 3 aromatic rings. The van der Waals surface area contributed by atoms with Crippen LogP contribution < -0.4 is 15.4 Å². The predicted octanol–water partition coefficient (Wildman–Crippen LogP) is 5.29. The molecule has 0 unspecified atom stereocenters. The Bertz CT molecular complexity index is 1070. The second-order valence-corrected chi connectivity index (χ2v) is 7.70. The minimum absolute atomic E-state index is 0.179. The Morgan fingerprint density at radius 3 is 2.06 bits per heavy atom. The van der Waals surface area contributed by atoms with Gasteiger partial charge in [-0.3, -0.25) is 9.59 Å². The Kier molecular flexibility index (Phi) is 7.81. The number of halogens is 1. The van der Waals surface area contributed by atoms with Crippen LogP contribution >= 0.6 is 15.9 Å². The maximum absolute atomic E-state index is 12.8. The van der Waals surface area contributed by atoms with Crippen LogP contribution in [0.5, 0.6) is 5.75 Å². The van der Waals surface area contributed by atoms with Gasteiger partial charge in [0, 0.05) is 28.5 Å². The summed E-state index contributed by atoms with van der Waals surface area (Å²) in [7, 11) is 1.59. The zero-order chi connectivity index (χ0) is 22.2. The molecule has 0 aliphatic heterocycles. The normalized spacial score (nSPS) is 10.4. The van der Waals surface area contributed by atoms with Gasteiger partial charge in [-0.15, -0.1) is 0 Å². The van der Waals surface area contributed by atoms with Crippen LogP contribution in [0.1, 0.15) is 26.3 Å². The fourth-order valence-corrected chi connectivity index (χ4v) is 3.26. The third-order valence-electron chi connectivity index (χ3n) is 4.52. The van der Waals surface area contributed by atoms with Crippen molar-refractivity contribution >= 4 is 39.1 Å². The van der Waals surface area contributed by atoms with Crippen LogP contribution in [-0.4, -0.2) is 32.1 Å². The van der Waals surface area contributed by atoms with Crippen LogP contribution in [0.15, 0.2) is 71.2 Å². The van der Waals surface area contributed by atoms with E-state index in [-0.39, 0.29) is 11.8 Å². The molecule has 3 aromatic carbocycles. The lowest BCUT2D eigenvalue weighted by Crippen LogP contribution is -2.15. The summed E-state index contributed by atoms with van der Waals surface area (Å²) in [5.74, 6) is -0.00727. The van der Waals surface area contributed by atoms with Crippen molar-refractivity contribution in [2.75, 3.05) is 31.0 Å². The number of rotatable bonds is 8. The van der Waals surface area contributed by atoms with Gasteiger partial charge in [-0.1, -0.05) is 34.1 Å². The Labute approximate surface area is 189 Å². The number of nitrogens with one attached hydrogen (secondary N) is 2. The lowest BCUT2D eigenvalue weighted by Gasteiger charge is -2.13. The SMILES string of the molecule is COCCOc1ccc(Br)cc1C(=O)Nc1ccc(NC(=O)c2ccccc2C)cc1. The average Bonchev–Trinajstić information content (AvgIpc) is 2.76. The van der Waals surface area contributed by atoms with E-state index in [1.54, 1.807) is 49.6 Å². The zero-order valence-electron chi connectivity index (χ0n) is 17.3. The summed E-state index contributed by atoms with van der Waals surface area (Å²) in [5, 5.41) is 5.72. The number of methoxy groups -OCH3 is 1. The Morgan fingerprint density at radius 2 is 1.45 bits per heavy atom. The van der Waals surface area contributed by atoms with Crippen molar-refractivity contribution < 1.29 is 19.1 Å². The molecule has 7 heteroatoms. The van der Waals surface area contributed by atoms with Crippen molar-refractivity contribution in [1.82, 2.24) is 0 Å². The smallest absolute Gasteiger partial charge is 0.259 e. The lowest BCUT2D eigenvalue weighted by atomic mass is 10.1. The average molecular weight is 483 g/mol. The van der Waals surface area contributed by atoms with Crippen LogP contribution in [-0.2, 0) is 4.74 Å². The number of ether oxygens (including phenoxy) is 2. The number of benzene rings is 3. The molecule has 6 nitrogen and oxygen atoms in total. The van der Waals surface area contributed by atoms with E-state index in [0.717, 1.165) is 10.0 Å². The number of carbonyl (C=O) groups is 2. The number of hydrogen-bond donors (Lipinski definition) is 2. The molecule has 0 atom stereocenters. The van der Waals surface area contributed by atoms with E-state index in [4.69, 9.17) is 9.47 Å². The first-order valence-electron chi connectivity index (χ1n) is 9.67. The van der Waals surface area contributed by atoms with Crippen molar-refractivity contribution in [3.05, 3.63) is 87.9 Å². The second-order valence-electron chi connectivity index (χ2n) is 6.78. The minimum Gasteiger partial charge on any atom is -0.490 e. The van der Waals surface area contributed by atoms with Gasteiger partial charge in [0.2, 0.25) is 0 Å². The van der Waals surface area contributed by atoms with Crippen LogP contribution in [0.25, 0.3) is 0 Å². The standard InChI is InChI=1S/C24H23BrN2O4/c1-16-5-3-4-6-20(16)23(28)26-18-8-10-19(11-9-18)27-24(29)21-15-17(25)7-12-22(21)31-14-13-30-2/h3-12,15H,13-14H2,1-2H3,(H,26,28)(H,27,29). The zero-order valence-corrected chi connectivity index (χ0v) is 18.9. The van der Waals surface area contributed by atoms with Crippen molar-refractivity contribution in [2.45, 2.75) is 6.92 Å². The summed E-state index contributed by atoms with van der Waals surface area (Å²) in [6.07, 6.45) is 0. The molecule has 0 bridgehead atoms. The molecular weight excluding hydrogens is 460 g/mol. The highest BCUT2D eigenvalue weighted by Gasteiger charge is 2.14. The third-order valence-corrected chi connectivity index (χ3v) is 5.01. The first-order valence-corrected chi connectivity index (χ1v) is 10.5. The molecule has 0 saturated carbocycles. The highest BCUT2D eigenvalue weighted by Crippen LogP contribution is 2.25. The molecule has 0 heterocycles. The van der Waals surface area contributed by atoms with Crippen LogP contribution in [0.2, 0.25) is 0 Å². The summed E-state index contributed by atoms with van der Waals surface area (Å²) in [4.78, 5) is 25.2. The van der Waals surface area contributed by atoms with Crippen LogP contribution in [0.3, 0.4) is 0 Å². The Hall–Kier alpha value is -3.16. The molecule has 3 rings (SSSR count). The van der Waals surface area contributed by atoms with Gasteiger partial charge < -0.3 is 20.1 Å². The van der Waals surface area contributed by atoms with Crippen LogP contribution in [0, 0.1) is 6.92 Å². The van der Waals surface area contributed by atoms with E-state index in [2.05, 4.69) is 26.6 Å². The monoisotopic (exact) mass is 482 g/mol. The second kappa shape index (κ2) is 10.7. The van der Waals surface area contributed by atoms with Gasteiger partial charge in [0.15, 0.2) is 0 Å². The first kappa shape index (κ1) is 22.5. The number of hydrogen-bond acceptors (Lipinski definition) is 4. The van der Waals surface area contributed by atoms with E-state index in [1.165, 1.54) is 0 Å². The van der Waals surface area contributed by atoms with Gasteiger partial charge in [0.25, 0.3) is 11.8 Å². The summed E-state index contributed by atoms with van der Waals surface area (Å²) in [6.45, 7) is 2.66. The molecule has 31 heavy (non-hydrogen) atoms. The number of anilines is 2. The summed E-state index contributed by atoms with van der Waals surface area (Å²) in [5.41, 5.74) is 3.17. The molecule has 0 spiro atoms. The van der Waals surface area contributed by atoms with Crippen molar-refractivity contribution in [3.8, 4) is 5.75 Å². The lowest BCUT2D eigenvalue weighted by molar-refractivity contribution is 0.101. The molecule has 2 N–H and O–H groups in total. The van der Waals surface area contributed by atoms with Crippen LogP contribution in [0.4, 0.5) is 11.4 Å². The minimum atomic E-state index is -0.301. The highest BCUT2D eigenvalue weighted by molar-refractivity contribution is 9.10. The quantitative estimate of drug-likeness (QED) is 0.427. The van der Waals surface area contributed by atoms with Gasteiger partial charge in [-0.05, 0) is 61.0 Å². The van der Waals surface area contributed by atoms with E-state index in [1.807, 2.05) is 31.2 Å². The predicted molar refractivity (Wildman–Crippen MR) is 125 cm³/mol. The number of carbonyl (C=O) groups excluding carboxylic acids is 2. The van der Waals surface area contributed by atoms with Gasteiger partial charge >= 0.3 is 0 Å². The molecular formula is C24H23BrN2O4. The van der Waals surface area contributed by atoms with Gasteiger partial charge in [0.1, 0.15) is 12.4 Å². The maximum Gasteiger partial charge on any atom is 0.259 e.